The van der Waals surface area contributed by atoms with Gasteiger partial charge in [-0.2, -0.15) is 0 Å². The number of benzene rings is 1. The van der Waals surface area contributed by atoms with E-state index in [0.29, 0.717) is 25.7 Å². The van der Waals surface area contributed by atoms with Crippen molar-refractivity contribution in [2.24, 2.45) is 0 Å². The lowest BCUT2D eigenvalue weighted by atomic mass is 9.76. The Labute approximate surface area is 108 Å². The summed E-state index contributed by atoms with van der Waals surface area (Å²) >= 11 is 0. The van der Waals surface area contributed by atoms with Crippen LogP contribution in [0, 0.1) is 13.8 Å². The standard InChI is InChI=1S/C15H20O3/c1-10-8-13(18-3)9-11(2)14(10)15(17)6-4-12(16)5-7-15/h8-9,17H,4-7H2,1-3H3. The highest BCUT2D eigenvalue weighted by Crippen LogP contribution is 2.40. The first-order valence-corrected chi connectivity index (χ1v) is 6.36. The van der Waals surface area contributed by atoms with E-state index in [2.05, 4.69) is 0 Å². The molecule has 0 aliphatic heterocycles. The molecule has 0 amide bonds. The zero-order valence-electron chi connectivity index (χ0n) is 11.2. The minimum Gasteiger partial charge on any atom is -0.497 e. The van der Waals surface area contributed by atoms with Crippen molar-refractivity contribution in [3.8, 4) is 5.75 Å². The van der Waals surface area contributed by atoms with Crippen LogP contribution in [0.3, 0.4) is 0 Å². The zero-order valence-corrected chi connectivity index (χ0v) is 11.2. The minimum absolute atomic E-state index is 0.253. The van der Waals surface area contributed by atoms with Crippen LogP contribution in [0.1, 0.15) is 42.4 Å². The van der Waals surface area contributed by atoms with Crippen molar-refractivity contribution < 1.29 is 14.6 Å². The lowest BCUT2D eigenvalue weighted by Crippen LogP contribution is -2.33. The number of carbonyl (C=O) groups excluding carboxylic acids is 1. The number of Topliss-reactive ketones (excluding diaryl/α,β-unsaturated/α-hetero) is 1. The van der Waals surface area contributed by atoms with Crippen LogP contribution >= 0.6 is 0 Å². The van der Waals surface area contributed by atoms with Gasteiger partial charge in [0.05, 0.1) is 12.7 Å². The van der Waals surface area contributed by atoms with Crippen LogP contribution in [0.4, 0.5) is 0 Å². The number of rotatable bonds is 2. The average Bonchev–Trinajstić information content (AvgIpc) is 2.32. The lowest BCUT2D eigenvalue weighted by molar-refractivity contribution is -0.125. The van der Waals surface area contributed by atoms with E-state index in [1.165, 1.54) is 0 Å². The number of aryl methyl sites for hydroxylation is 2. The molecule has 1 aliphatic carbocycles. The van der Waals surface area contributed by atoms with Crippen LogP contribution in [0.25, 0.3) is 0 Å². The van der Waals surface area contributed by atoms with E-state index in [9.17, 15) is 9.90 Å². The number of hydrogen-bond acceptors (Lipinski definition) is 3. The Balaban J connectivity index is 2.41. The first-order valence-electron chi connectivity index (χ1n) is 6.36. The molecule has 3 heteroatoms. The molecule has 1 aromatic rings. The van der Waals surface area contributed by atoms with Crippen LogP contribution in [-0.4, -0.2) is 18.0 Å². The van der Waals surface area contributed by atoms with Crippen LogP contribution < -0.4 is 4.74 Å². The molecule has 0 saturated heterocycles. The van der Waals surface area contributed by atoms with Crippen molar-refractivity contribution in [1.82, 2.24) is 0 Å². The second-order valence-electron chi connectivity index (χ2n) is 5.21. The Morgan fingerprint density at radius 1 is 1.17 bits per heavy atom. The summed E-state index contributed by atoms with van der Waals surface area (Å²) in [6, 6.07) is 3.88. The second kappa shape index (κ2) is 4.73. The minimum atomic E-state index is -0.853. The molecule has 1 N–H and O–H groups in total. The molecular formula is C15H20O3. The van der Waals surface area contributed by atoms with Gasteiger partial charge >= 0.3 is 0 Å². The van der Waals surface area contributed by atoms with Gasteiger partial charge in [0.25, 0.3) is 0 Å². The maximum atomic E-state index is 11.3. The highest BCUT2D eigenvalue weighted by molar-refractivity contribution is 5.79. The van der Waals surface area contributed by atoms with Gasteiger partial charge < -0.3 is 9.84 Å². The third-order valence-corrected chi connectivity index (χ3v) is 3.84. The molecule has 18 heavy (non-hydrogen) atoms. The van der Waals surface area contributed by atoms with Crippen LogP contribution in [-0.2, 0) is 10.4 Å². The van der Waals surface area contributed by atoms with Crippen molar-refractivity contribution in [2.45, 2.75) is 45.1 Å². The molecule has 3 nitrogen and oxygen atoms in total. The summed E-state index contributed by atoms with van der Waals surface area (Å²) in [5, 5.41) is 10.8. The molecule has 1 fully saturated rings. The molecule has 0 bridgehead atoms. The smallest absolute Gasteiger partial charge is 0.133 e. The SMILES string of the molecule is COc1cc(C)c(C2(O)CCC(=O)CC2)c(C)c1. The predicted molar refractivity (Wildman–Crippen MR) is 69.8 cm³/mol. The fraction of sp³-hybridized carbons (Fsp3) is 0.533. The van der Waals surface area contributed by atoms with E-state index in [1.807, 2.05) is 26.0 Å². The summed E-state index contributed by atoms with van der Waals surface area (Å²) in [6.45, 7) is 3.97. The van der Waals surface area contributed by atoms with Crippen molar-refractivity contribution in [2.75, 3.05) is 7.11 Å². The highest BCUT2D eigenvalue weighted by atomic mass is 16.5. The quantitative estimate of drug-likeness (QED) is 0.875. The molecule has 1 aromatic carbocycles. The average molecular weight is 248 g/mol. The summed E-state index contributed by atoms with van der Waals surface area (Å²) in [7, 11) is 1.64. The summed E-state index contributed by atoms with van der Waals surface area (Å²) < 4.78 is 5.23. The maximum Gasteiger partial charge on any atom is 0.133 e. The Kier molecular flexibility index (Phi) is 3.44. The number of methoxy groups -OCH3 is 1. The molecule has 0 heterocycles. The fourth-order valence-electron chi connectivity index (χ4n) is 2.97. The first kappa shape index (κ1) is 13.1. The normalized spacial score (nSPS) is 18.8. The van der Waals surface area contributed by atoms with Crippen LogP contribution in [0.5, 0.6) is 5.75 Å². The Morgan fingerprint density at radius 2 is 1.67 bits per heavy atom. The van der Waals surface area contributed by atoms with Crippen LogP contribution in [0.2, 0.25) is 0 Å². The Hall–Kier alpha value is -1.35. The molecule has 0 aromatic heterocycles. The summed E-state index contributed by atoms with van der Waals surface area (Å²) in [6.07, 6.45) is 2.00. The maximum absolute atomic E-state index is 11.3. The Morgan fingerprint density at radius 3 is 2.11 bits per heavy atom. The third kappa shape index (κ3) is 2.27. The molecule has 98 valence electrons. The van der Waals surface area contributed by atoms with Gasteiger partial charge in [0.1, 0.15) is 11.5 Å². The second-order valence-corrected chi connectivity index (χ2v) is 5.21. The number of carbonyl (C=O) groups is 1. The lowest BCUT2D eigenvalue weighted by Gasteiger charge is -2.34. The molecule has 1 saturated carbocycles. The largest absolute Gasteiger partial charge is 0.497 e. The van der Waals surface area contributed by atoms with E-state index >= 15 is 0 Å². The van der Waals surface area contributed by atoms with Crippen LogP contribution in [0.15, 0.2) is 12.1 Å². The molecule has 0 atom stereocenters. The number of ketones is 1. The monoisotopic (exact) mass is 248 g/mol. The van der Waals surface area contributed by atoms with E-state index in [1.54, 1.807) is 7.11 Å². The van der Waals surface area contributed by atoms with Gasteiger partial charge in [-0.25, -0.2) is 0 Å². The van der Waals surface area contributed by atoms with Gasteiger partial charge in [0.15, 0.2) is 0 Å². The van der Waals surface area contributed by atoms with E-state index < -0.39 is 5.60 Å². The number of ether oxygens (including phenoxy) is 1. The summed E-state index contributed by atoms with van der Waals surface area (Å²) in [5.74, 6) is 1.06. The number of hydrogen-bond donors (Lipinski definition) is 1. The van der Waals surface area contributed by atoms with Crippen molar-refractivity contribution in [1.29, 1.82) is 0 Å². The van der Waals surface area contributed by atoms with Gasteiger partial charge in [-0.1, -0.05) is 0 Å². The van der Waals surface area contributed by atoms with Crippen molar-refractivity contribution in [3.63, 3.8) is 0 Å². The van der Waals surface area contributed by atoms with Gasteiger partial charge in [-0.05, 0) is 55.5 Å². The molecule has 0 unspecified atom stereocenters. The third-order valence-electron chi connectivity index (χ3n) is 3.84. The van der Waals surface area contributed by atoms with Gasteiger partial charge in [-0.15, -0.1) is 0 Å². The van der Waals surface area contributed by atoms with E-state index in [4.69, 9.17) is 4.74 Å². The molecular weight excluding hydrogens is 228 g/mol. The van der Waals surface area contributed by atoms with Gasteiger partial charge in [0.2, 0.25) is 0 Å². The van der Waals surface area contributed by atoms with Crippen molar-refractivity contribution in [3.05, 3.63) is 28.8 Å². The first-order chi connectivity index (χ1) is 8.46. The van der Waals surface area contributed by atoms with E-state index in [0.717, 1.165) is 22.4 Å². The topological polar surface area (TPSA) is 46.5 Å². The fourth-order valence-corrected chi connectivity index (χ4v) is 2.97. The predicted octanol–water partition coefficient (Wildman–Crippen LogP) is 2.64. The number of aliphatic hydroxyl groups is 1. The van der Waals surface area contributed by atoms with Gasteiger partial charge in [0, 0.05) is 12.8 Å². The molecule has 0 radical (unpaired) electrons. The van der Waals surface area contributed by atoms with Gasteiger partial charge in [-0.3, -0.25) is 4.79 Å². The molecule has 2 rings (SSSR count). The Bertz CT molecular complexity index is 444. The molecule has 0 spiro atoms. The molecule has 1 aliphatic rings. The van der Waals surface area contributed by atoms with Crippen molar-refractivity contribution >= 4 is 5.78 Å². The highest BCUT2D eigenvalue weighted by Gasteiger charge is 2.36. The summed E-state index contributed by atoms with van der Waals surface area (Å²) in [4.78, 5) is 11.3. The van der Waals surface area contributed by atoms with E-state index in [-0.39, 0.29) is 5.78 Å². The summed E-state index contributed by atoms with van der Waals surface area (Å²) in [5.41, 5.74) is 2.18. The zero-order chi connectivity index (χ0) is 13.3.